The number of methoxy groups -OCH3 is 1. The zero-order valence-electron chi connectivity index (χ0n) is 12.3. The molecule has 0 fully saturated rings. The van der Waals surface area contributed by atoms with Gasteiger partial charge < -0.3 is 9.84 Å². The van der Waals surface area contributed by atoms with Gasteiger partial charge in [-0.15, -0.1) is 0 Å². The smallest absolute Gasteiger partial charge is 0.392 e. The fraction of sp³-hybridized carbons (Fsp3) is 0.125. The highest BCUT2D eigenvalue weighted by molar-refractivity contribution is 5.72. The molecule has 0 aliphatic heterocycles. The zero-order chi connectivity index (χ0) is 16.8. The molecular formula is C16H14N3O4+. The normalized spacial score (nSPS) is 10.9. The Morgan fingerprint density at radius 3 is 2.61 bits per heavy atom. The summed E-state index contributed by atoms with van der Waals surface area (Å²) >= 11 is 0. The van der Waals surface area contributed by atoms with E-state index in [2.05, 4.69) is 4.98 Å². The van der Waals surface area contributed by atoms with Crippen LogP contribution in [0.3, 0.4) is 0 Å². The van der Waals surface area contributed by atoms with E-state index in [0.29, 0.717) is 11.3 Å². The third kappa shape index (κ3) is 3.44. The molecule has 0 atom stereocenters. The molecule has 1 N–H and O–H groups in total. The van der Waals surface area contributed by atoms with Gasteiger partial charge in [-0.2, -0.15) is 0 Å². The number of ether oxygens (including phenoxy) is 1. The number of aliphatic hydroxyl groups is 1. The third-order valence-corrected chi connectivity index (χ3v) is 3.32. The van der Waals surface area contributed by atoms with E-state index in [9.17, 15) is 15.2 Å². The van der Waals surface area contributed by atoms with Crippen molar-refractivity contribution in [2.24, 2.45) is 0 Å². The SMILES string of the molecule is COc1ccc(C(O)=C[N+]#N)c([N+](=O)[O-])c1Cc1ccccc1. The van der Waals surface area contributed by atoms with Crippen LogP contribution in [-0.2, 0) is 6.42 Å². The van der Waals surface area contributed by atoms with Gasteiger partial charge in [0.1, 0.15) is 11.3 Å². The van der Waals surface area contributed by atoms with Crippen LogP contribution in [0.5, 0.6) is 5.75 Å². The van der Waals surface area contributed by atoms with Crippen molar-refractivity contribution in [2.45, 2.75) is 6.42 Å². The lowest BCUT2D eigenvalue weighted by Crippen LogP contribution is -2.04. The molecule has 2 aromatic carbocycles. The maximum atomic E-state index is 11.5. The number of nitrogens with zero attached hydrogens (tertiary/aromatic N) is 3. The summed E-state index contributed by atoms with van der Waals surface area (Å²) in [7, 11) is 1.42. The molecular weight excluding hydrogens is 298 g/mol. The molecule has 0 aliphatic carbocycles. The summed E-state index contributed by atoms with van der Waals surface area (Å²) < 4.78 is 5.22. The van der Waals surface area contributed by atoms with Crippen molar-refractivity contribution in [2.75, 3.05) is 7.11 Å². The summed E-state index contributed by atoms with van der Waals surface area (Å²) in [6.45, 7) is 0. The average molecular weight is 312 g/mol. The summed E-state index contributed by atoms with van der Waals surface area (Å²) in [5.74, 6) is -0.158. The molecule has 0 heterocycles. The molecule has 0 unspecified atom stereocenters. The lowest BCUT2D eigenvalue weighted by atomic mass is 9.98. The van der Waals surface area contributed by atoms with Gasteiger partial charge in [-0.05, 0) is 17.7 Å². The predicted octanol–water partition coefficient (Wildman–Crippen LogP) is 3.90. The molecule has 0 aromatic heterocycles. The van der Waals surface area contributed by atoms with Crippen LogP contribution >= 0.6 is 0 Å². The monoisotopic (exact) mass is 312 g/mol. The van der Waals surface area contributed by atoms with Crippen molar-refractivity contribution in [1.82, 2.24) is 0 Å². The van der Waals surface area contributed by atoms with Crippen LogP contribution in [0.15, 0.2) is 48.7 Å². The van der Waals surface area contributed by atoms with Crippen molar-refractivity contribution >= 4 is 11.4 Å². The molecule has 2 aromatic rings. The molecule has 2 rings (SSSR count). The number of hydrogen-bond acceptors (Lipinski definition) is 5. The average Bonchev–Trinajstić information content (AvgIpc) is 2.55. The maximum Gasteiger partial charge on any atom is 0.392 e. The highest BCUT2D eigenvalue weighted by atomic mass is 16.6. The van der Waals surface area contributed by atoms with Crippen LogP contribution in [0, 0.1) is 15.5 Å². The number of nitro groups is 1. The highest BCUT2D eigenvalue weighted by Crippen LogP contribution is 2.36. The van der Waals surface area contributed by atoms with E-state index in [1.807, 2.05) is 30.3 Å². The Morgan fingerprint density at radius 2 is 2.04 bits per heavy atom. The number of diazo groups is 1. The van der Waals surface area contributed by atoms with Gasteiger partial charge in [0.15, 0.2) is 4.98 Å². The zero-order valence-corrected chi connectivity index (χ0v) is 12.3. The largest absolute Gasteiger partial charge is 0.501 e. The number of aliphatic hydroxyl groups excluding tert-OH is 1. The first-order valence-electron chi connectivity index (χ1n) is 6.70. The van der Waals surface area contributed by atoms with Gasteiger partial charge in [0.05, 0.1) is 17.6 Å². The van der Waals surface area contributed by atoms with Crippen molar-refractivity contribution in [3.63, 3.8) is 0 Å². The van der Waals surface area contributed by atoms with E-state index in [1.165, 1.54) is 19.2 Å². The number of hydrogen-bond donors (Lipinski definition) is 1. The van der Waals surface area contributed by atoms with Crippen LogP contribution in [0.1, 0.15) is 16.7 Å². The van der Waals surface area contributed by atoms with E-state index in [4.69, 9.17) is 10.1 Å². The van der Waals surface area contributed by atoms with Gasteiger partial charge in [0.2, 0.25) is 11.2 Å². The van der Waals surface area contributed by atoms with Crippen molar-refractivity contribution < 1.29 is 14.8 Å². The van der Waals surface area contributed by atoms with Crippen LogP contribution in [0.4, 0.5) is 5.69 Å². The minimum atomic E-state index is -0.586. The van der Waals surface area contributed by atoms with Crippen molar-refractivity contribution in [1.29, 1.82) is 5.39 Å². The number of benzene rings is 2. The minimum absolute atomic E-state index is 0.0421. The summed E-state index contributed by atoms with van der Waals surface area (Å²) in [6.07, 6.45) is 0.999. The predicted molar refractivity (Wildman–Crippen MR) is 84.6 cm³/mol. The van der Waals surface area contributed by atoms with Crippen molar-refractivity contribution in [3.05, 3.63) is 80.4 Å². The lowest BCUT2D eigenvalue weighted by Gasteiger charge is -2.11. The molecule has 7 nitrogen and oxygen atoms in total. The Kier molecular flexibility index (Phi) is 4.89. The van der Waals surface area contributed by atoms with E-state index in [1.54, 1.807) is 0 Å². The fourth-order valence-electron chi connectivity index (χ4n) is 2.32. The van der Waals surface area contributed by atoms with Gasteiger partial charge in [-0.1, -0.05) is 30.3 Å². The Labute approximate surface area is 132 Å². The molecule has 0 bridgehead atoms. The molecule has 0 saturated heterocycles. The number of rotatable bonds is 5. The van der Waals surface area contributed by atoms with E-state index in [-0.39, 0.29) is 17.7 Å². The standard InChI is InChI=1S/C16H13N3O4/c1-23-15-8-7-12(14(20)10-18-17)16(19(21)22)13(15)9-11-5-3-2-4-6-11/h2-8,10H,9H2,1H3/p+1. The van der Waals surface area contributed by atoms with E-state index < -0.39 is 10.7 Å². The van der Waals surface area contributed by atoms with E-state index in [0.717, 1.165) is 11.8 Å². The van der Waals surface area contributed by atoms with Crippen LogP contribution in [-0.4, -0.2) is 17.1 Å². The topological polar surface area (TPSA) is 101 Å². The van der Waals surface area contributed by atoms with E-state index >= 15 is 0 Å². The van der Waals surface area contributed by atoms with Gasteiger partial charge >= 0.3 is 6.20 Å². The molecule has 116 valence electrons. The molecule has 0 radical (unpaired) electrons. The summed E-state index contributed by atoms with van der Waals surface area (Å²) in [5.41, 5.74) is 0.866. The fourth-order valence-corrected chi connectivity index (χ4v) is 2.32. The maximum absolute atomic E-state index is 11.5. The molecule has 0 saturated carbocycles. The summed E-state index contributed by atoms with van der Waals surface area (Å²) in [5, 5.41) is 29.9. The molecule has 23 heavy (non-hydrogen) atoms. The first-order chi connectivity index (χ1) is 11.1. The second-order valence-corrected chi connectivity index (χ2v) is 4.69. The molecule has 0 aliphatic rings. The first kappa shape index (κ1) is 16.0. The molecule has 7 heteroatoms. The van der Waals surface area contributed by atoms with Gasteiger partial charge in [0.25, 0.3) is 5.69 Å². The summed E-state index contributed by atoms with van der Waals surface area (Å²) in [4.78, 5) is 13.6. The third-order valence-electron chi connectivity index (χ3n) is 3.32. The Morgan fingerprint density at radius 1 is 1.35 bits per heavy atom. The molecule has 0 amide bonds. The first-order valence-corrected chi connectivity index (χ1v) is 6.70. The Hall–Kier alpha value is -3.40. The Bertz CT molecular complexity index is 795. The second kappa shape index (κ2) is 7.04. The number of nitro benzene ring substituents is 1. The molecule has 0 spiro atoms. The quantitative estimate of drug-likeness (QED) is 0.390. The van der Waals surface area contributed by atoms with Gasteiger partial charge in [-0.3, -0.25) is 10.1 Å². The minimum Gasteiger partial charge on any atom is -0.501 e. The highest BCUT2D eigenvalue weighted by Gasteiger charge is 2.27. The van der Waals surface area contributed by atoms with Crippen LogP contribution in [0.25, 0.3) is 10.7 Å². The van der Waals surface area contributed by atoms with Crippen LogP contribution < -0.4 is 4.74 Å². The van der Waals surface area contributed by atoms with Gasteiger partial charge in [-0.25, -0.2) is 0 Å². The Balaban J connectivity index is 2.66. The second-order valence-electron chi connectivity index (χ2n) is 4.69. The lowest BCUT2D eigenvalue weighted by molar-refractivity contribution is -0.385. The van der Waals surface area contributed by atoms with Crippen LogP contribution in [0.2, 0.25) is 0 Å². The summed E-state index contributed by atoms with van der Waals surface area (Å²) in [6, 6.07) is 12.1. The van der Waals surface area contributed by atoms with Crippen molar-refractivity contribution in [3.8, 4) is 5.75 Å². The van der Waals surface area contributed by atoms with Gasteiger partial charge in [0, 0.05) is 6.42 Å².